The van der Waals surface area contributed by atoms with Gasteiger partial charge in [-0.15, -0.1) is 0 Å². The fourth-order valence-electron chi connectivity index (χ4n) is 4.63. The predicted molar refractivity (Wildman–Crippen MR) is 131 cm³/mol. The van der Waals surface area contributed by atoms with E-state index in [0.717, 1.165) is 23.3 Å². The number of aliphatic hydroxyl groups is 1. The second-order valence-electron chi connectivity index (χ2n) is 9.58. The lowest BCUT2D eigenvalue weighted by molar-refractivity contribution is -0.128. The van der Waals surface area contributed by atoms with E-state index in [1.807, 2.05) is 13.0 Å². The van der Waals surface area contributed by atoms with Gasteiger partial charge in [-0.25, -0.2) is 9.97 Å². The van der Waals surface area contributed by atoms with Crippen molar-refractivity contribution >= 4 is 22.8 Å². The first-order valence-electron chi connectivity index (χ1n) is 12.2. The first-order valence-corrected chi connectivity index (χ1v) is 12.2. The van der Waals surface area contributed by atoms with Crippen molar-refractivity contribution in [1.82, 2.24) is 25.2 Å². The number of H-pyrrole nitrogens is 1. The Bertz CT molecular complexity index is 1280. The Hall–Kier alpha value is -3.46. The molecule has 2 amide bonds. The van der Waals surface area contributed by atoms with E-state index in [1.165, 1.54) is 31.0 Å². The fourth-order valence-corrected chi connectivity index (χ4v) is 4.63. The van der Waals surface area contributed by atoms with Gasteiger partial charge < -0.3 is 25.0 Å². The number of aromatic amines is 1. The number of rotatable bonds is 7. The van der Waals surface area contributed by atoms with Gasteiger partial charge in [0, 0.05) is 31.3 Å². The first-order chi connectivity index (χ1) is 16.9. The van der Waals surface area contributed by atoms with Gasteiger partial charge in [0.1, 0.15) is 23.3 Å². The van der Waals surface area contributed by atoms with Crippen molar-refractivity contribution < 1.29 is 19.4 Å². The van der Waals surface area contributed by atoms with E-state index in [2.05, 4.69) is 39.3 Å². The van der Waals surface area contributed by atoms with Crippen LogP contribution in [0.2, 0.25) is 0 Å². The molecule has 0 unspecified atom stereocenters. The summed E-state index contributed by atoms with van der Waals surface area (Å²) in [6, 6.07) is 5.61. The van der Waals surface area contributed by atoms with Crippen molar-refractivity contribution in [2.75, 3.05) is 19.7 Å². The molecule has 3 N–H and O–H groups in total. The molecule has 1 saturated heterocycles. The van der Waals surface area contributed by atoms with Crippen molar-refractivity contribution in [1.29, 1.82) is 0 Å². The van der Waals surface area contributed by atoms with Crippen LogP contribution in [0.3, 0.4) is 0 Å². The summed E-state index contributed by atoms with van der Waals surface area (Å²) in [4.78, 5) is 38.8. The van der Waals surface area contributed by atoms with Crippen LogP contribution in [-0.2, 0) is 11.2 Å². The van der Waals surface area contributed by atoms with Crippen LogP contribution in [0, 0.1) is 12.8 Å². The minimum absolute atomic E-state index is 0.129. The van der Waals surface area contributed by atoms with Crippen LogP contribution < -0.4 is 10.1 Å². The van der Waals surface area contributed by atoms with Crippen LogP contribution in [0.5, 0.6) is 5.75 Å². The molecule has 9 heteroatoms. The van der Waals surface area contributed by atoms with E-state index in [0.29, 0.717) is 40.5 Å². The molecule has 0 bridgehead atoms. The second-order valence-corrected chi connectivity index (χ2v) is 9.58. The summed E-state index contributed by atoms with van der Waals surface area (Å²) >= 11 is 0. The zero-order chi connectivity index (χ0) is 24.7. The second kappa shape index (κ2) is 9.30. The van der Waals surface area contributed by atoms with E-state index < -0.39 is 12.1 Å². The van der Waals surface area contributed by atoms with E-state index in [-0.39, 0.29) is 24.9 Å². The number of fused-ring (bicyclic) bond motifs is 1. The smallest absolute Gasteiger partial charge is 0.255 e. The number of amides is 2. The molecule has 184 valence electrons. The van der Waals surface area contributed by atoms with Gasteiger partial charge in [-0.2, -0.15) is 0 Å². The van der Waals surface area contributed by atoms with Crippen molar-refractivity contribution in [3.8, 4) is 17.0 Å². The molecule has 5 rings (SSSR count). The highest BCUT2D eigenvalue weighted by Crippen LogP contribution is 2.37. The Labute approximate surface area is 203 Å². The van der Waals surface area contributed by atoms with E-state index >= 15 is 0 Å². The highest BCUT2D eigenvalue weighted by Gasteiger charge is 2.35. The molecule has 2 fully saturated rings. The average molecular weight is 478 g/mol. The van der Waals surface area contributed by atoms with Gasteiger partial charge >= 0.3 is 0 Å². The number of β-amino-alcohol motifs (C(OH)–C–C–N with tert-alkyl or cyclic N) is 1. The Morgan fingerprint density at radius 3 is 2.74 bits per heavy atom. The summed E-state index contributed by atoms with van der Waals surface area (Å²) < 4.78 is 6.16. The average Bonchev–Trinajstić information content (AvgIpc) is 3.51. The van der Waals surface area contributed by atoms with E-state index in [4.69, 9.17) is 4.74 Å². The Morgan fingerprint density at radius 2 is 2.06 bits per heavy atom. The molecule has 3 aromatic rings. The number of nitrogens with zero attached hydrogens (tertiary/aromatic N) is 3. The number of aromatic nitrogens is 3. The molecular formula is C26H31N5O4. The topological polar surface area (TPSA) is 120 Å². The third kappa shape index (κ3) is 4.60. The van der Waals surface area contributed by atoms with Crippen LogP contribution in [0.25, 0.3) is 22.3 Å². The van der Waals surface area contributed by atoms with Crippen LogP contribution in [0.4, 0.5) is 0 Å². The van der Waals surface area contributed by atoms with Gasteiger partial charge in [0.15, 0.2) is 0 Å². The fraction of sp³-hybridized carbons (Fsp3) is 0.462. The highest BCUT2D eigenvalue weighted by atomic mass is 16.5. The van der Waals surface area contributed by atoms with Crippen molar-refractivity contribution in [2.45, 2.75) is 52.2 Å². The zero-order valence-electron chi connectivity index (χ0n) is 20.3. The number of hydrogen-bond acceptors (Lipinski definition) is 6. The number of carbonyl (C=O) groups is 2. The molecule has 0 spiro atoms. The number of carbonyl (C=O) groups excluding carboxylic acids is 2. The molecule has 1 aliphatic heterocycles. The maximum absolute atomic E-state index is 13.3. The monoisotopic (exact) mass is 477 g/mol. The lowest BCUT2D eigenvalue weighted by atomic mass is 10.0. The van der Waals surface area contributed by atoms with Crippen molar-refractivity contribution in [3.05, 3.63) is 41.3 Å². The Balaban J connectivity index is 1.49. The van der Waals surface area contributed by atoms with Crippen LogP contribution in [0.1, 0.15) is 48.3 Å². The largest absolute Gasteiger partial charge is 0.493 e. The Kier molecular flexibility index (Phi) is 6.19. The number of ether oxygens (including phenoxy) is 1. The number of aliphatic hydroxyl groups excluding tert-OH is 1. The Morgan fingerprint density at radius 1 is 1.26 bits per heavy atom. The molecule has 1 aromatic carbocycles. The van der Waals surface area contributed by atoms with Gasteiger partial charge in [-0.1, -0.05) is 13.0 Å². The lowest BCUT2D eigenvalue weighted by Crippen LogP contribution is -2.43. The molecule has 2 atom stereocenters. The highest BCUT2D eigenvalue weighted by molar-refractivity contribution is 6.09. The molecule has 2 aromatic heterocycles. The maximum Gasteiger partial charge on any atom is 0.255 e. The number of hydrogen-bond donors (Lipinski definition) is 3. The normalized spacial score (nSPS) is 19.8. The number of aryl methyl sites for hydroxylation is 2. The van der Waals surface area contributed by atoms with Gasteiger partial charge in [-0.3, -0.25) is 9.59 Å². The predicted octanol–water partition coefficient (Wildman–Crippen LogP) is 2.61. The minimum Gasteiger partial charge on any atom is -0.493 e. The zero-order valence-corrected chi connectivity index (χ0v) is 20.3. The maximum atomic E-state index is 13.3. The van der Waals surface area contributed by atoms with Gasteiger partial charge in [0.05, 0.1) is 29.8 Å². The summed E-state index contributed by atoms with van der Waals surface area (Å²) in [5, 5.41) is 13.2. The summed E-state index contributed by atoms with van der Waals surface area (Å²) in [6.45, 7) is 6.54. The SMILES string of the molecule is CCc1ccc(OCC2CC2)c(-c2ncnc3c(C(=O)N[C@@H]4CN(C(C)=O)C[C@H]4O)c(C)[nH]c23)c1. The van der Waals surface area contributed by atoms with Gasteiger partial charge in [-0.05, 0) is 49.8 Å². The minimum atomic E-state index is -0.818. The molecule has 3 heterocycles. The molecule has 9 nitrogen and oxygen atoms in total. The van der Waals surface area contributed by atoms with Crippen LogP contribution in [0.15, 0.2) is 24.5 Å². The molecule has 35 heavy (non-hydrogen) atoms. The van der Waals surface area contributed by atoms with Crippen LogP contribution in [-0.4, -0.2) is 68.6 Å². The molecule has 1 aliphatic carbocycles. The lowest BCUT2D eigenvalue weighted by Gasteiger charge is -2.16. The molecule has 0 radical (unpaired) electrons. The van der Waals surface area contributed by atoms with E-state index in [9.17, 15) is 14.7 Å². The van der Waals surface area contributed by atoms with E-state index in [1.54, 1.807) is 0 Å². The molecule has 2 aliphatic rings. The number of nitrogens with one attached hydrogen (secondary N) is 2. The quantitative estimate of drug-likeness (QED) is 0.481. The van der Waals surface area contributed by atoms with Gasteiger partial charge in [0.25, 0.3) is 5.91 Å². The summed E-state index contributed by atoms with van der Waals surface area (Å²) in [5.41, 5.74) is 4.95. The number of likely N-dealkylation sites (tertiary alicyclic amines) is 1. The first kappa shape index (κ1) is 23.3. The summed E-state index contributed by atoms with van der Waals surface area (Å²) in [7, 11) is 0. The number of benzene rings is 1. The summed E-state index contributed by atoms with van der Waals surface area (Å²) in [6.07, 6.45) is 3.93. The van der Waals surface area contributed by atoms with Gasteiger partial charge in [0.2, 0.25) is 5.91 Å². The third-order valence-corrected chi connectivity index (χ3v) is 6.93. The standard InChI is InChI=1S/C26H31N5O4/c1-4-16-7-8-21(35-12-17-5-6-17)18(9-16)23-25-24(28-13-27-23)22(14(2)29-25)26(34)30-19-10-31(15(3)32)11-20(19)33/h7-9,13,17,19-20,29,33H,4-6,10-12H2,1-3H3,(H,30,34)/t19-,20-/m1/s1. The van der Waals surface area contributed by atoms with Crippen molar-refractivity contribution in [3.63, 3.8) is 0 Å². The third-order valence-electron chi connectivity index (χ3n) is 6.93. The van der Waals surface area contributed by atoms with Crippen molar-refractivity contribution in [2.24, 2.45) is 5.92 Å². The molecular weight excluding hydrogens is 446 g/mol. The van der Waals surface area contributed by atoms with Crippen LogP contribution >= 0.6 is 0 Å². The summed E-state index contributed by atoms with van der Waals surface area (Å²) in [5.74, 6) is 0.911. The molecule has 1 saturated carbocycles.